The van der Waals surface area contributed by atoms with Gasteiger partial charge in [0.05, 0.1) is 25.4 Å². The van der Waals surface area contributed by atoms with Crippen LogP contribution < -0.4 is 5.32 Å². The van der Waals surface area contributed by atoms with E-state index in [0.29, 0.717) is 25.9 Å². The van der Waals surface area contributed by atoms with Crippen molar-refractivity contribution in [1.29, 1.82) is 0 Å². The first-order valence-electron chi connectivity index (χ1n) is 32.4. The molecule has 0 saturated carbocycles. The summed E-state index contributed by atoms with van der Waals surface area (Å²) in [6, 6.07) is -0.562. The van der Waals surface area contributed by atoms with Gasteiger partial charge < -0.3 is 20.3 Å². The molecule has 0 rings (SSSR count). The molecule has 0 heterocycles. The molecule has 0 aliphatic heterocycles. The van der Waals surface area contributed by atoms with E-state index in [0.717, 1.165) is 70.6 Å². The monoisotopic (exact) mass is 1000 g/mol. The van der Waals surface area contributed by atoms with Gasteiger partial charge in [-0.15, -0.1) is 0 Å². The number of unbranched alkanes of at least 4 members (excludes halogenated alkanes) is 48. The van der Waals surface area contributed by atoms with Crippen LogP contribution in [-0.2, 0) is 14.3 Å². The van der Waals surface area contributed by atoms with Crippen LogP contribution in [0.4, 0.5) is 0 Å². The lowest BCUT2D eigenvalue weighted by atomic mass is 10.0. The van der Waals surface area contributed by atoms with E-state index in [4.69, 9.17) is 4.74 Å². The van der Waals surface area contributed by atoms with Crippen LogP contribution in [0.15, 0.2) is 12.2 Å². The average molecular weight is 1000 g/mol. The van der Waals surface area contributed by atoms with Gasteiger partial charge in [-0.05, 0) is 51.4 Å². The molecule has 2 unspecified atom stereocenters. The van der Waals surface area contributed by atoms with E-state index in [1.165, 1.54) is 263 Å². The molecule has 0 spiro atoms. The van der Waals surface area contributed by atoms with Crippen molar-refractivity contribution in [2.45, 2.75) is 379 Å². The van der Waals surface area contributed by atoms with Gasteiger partial charge >= 0.3 is 5.97 Å². The van der Waals surface area contributed by atoms with E-state index in [1.54, 1.807) is 0 Å². The summed E-state index contributed by atoms with van der Waals surface area (Å²) in [5, 5.41) is 23.4. The fraction of sp³-hybridized carbons (Fsp3) is 0.938. The molecule has 6 nitrogen and oxygen atoms in total. The van der Waals surface area contributed by atoms with E-state index in [1.807, 2.05) is 0 Å². The number of allylic oxidation sites excluding steroid dienone is 2. The molecule has 6 heteroatoms. The van der Waals surface area contributed by atoms with Gasteiger partial charge in [-0.1, -0.05) is 315 Å². The van der Waals surface area contributed by atoms with Crippen molar-refractivity contribution in [3.63, 3.8) is 0 Å². The Morgan fingerprint density at radius 1 is 0.380 bits per heavy atom. The molecular weight excluding hydrogens is 875 g/mol. The highest BCUT2D eigenvalue weighted by Gasteiger charge is 2.20. The number of nitrogens with one attached hydrogen (secondary N) is 1. The Kier molecular flexibility index (Phi) is 59.9. The molecule has 0 aromatic carbocycles. The van der Waals surface area contributed by atoms with Crippen molar-refractivity contribution in [3.05, 3.63) is 12.2 Å². The number of hydrogen-bond donors (Lipinski definition) is 3. The van der Waals surface area contributed by atoms with Crippen molar-refractivity contribution in [3.8, 4) is 0 Å². The number of carbonyl (C=O) groups is 2. The summed E-state index contributed by atoms with van der Waals surface area (Å²) in [5.41, 5.74) is 0. The van der Waals surface area contributed by atoms with Crippen LogP contribution in [-0.4, -0.2) is 47.4 Å². The summed E-state index contributed by atoms with van der Waals surface area (Å²) in [6.07, 6.45) is 73.7. The first kappa shape index (κ1) is 69.6. The molecule has 1 amide bonds. The molecule has 0 aromatic rings. The summed E-state index contributed by atoms with van der Waals surface area (Å²) in [5.74, 6) is -0.0669. The number of rotatable bonds is 61. The van der Waals surface area contributed by atoms with E-state index < -0.39 is 12.1 Å². The zero-order valence-corrected chi connectivity index (χ0v) is 48.2. The zero-order valence-electron chi connectivity index (χ0n) is 48.2. The maximum atomic E-state index is 12.5. The minimum absolute atomic E-state index is 0.00679. The standard InChI is InChI=1S/C65H127NO5/c1-3-5-7-9-11-13-15-17-19-21-23-24-25-26-27-28-30-33-37-41-45-49-53-57-63(68)62(61-67)66-64(69)58-54-50-46-42-38-34-32-36-40-44-48-52-56-60-71-65(70)59-55-51-47-43-39-35-31-29-22-20-18-16-14-12-10-8-6-4-2/h34,38,62-63,67-68H,3-33,35-37,39-61H2,1-2H3,(H,66,69)/b38-34-. The van der Waals surface area contributed by atoms with Gasteiger partial charge in [-0.25, -0.2) is 0 Å². The van der Waals surface area contributed by atoms with Crippen LogP contribution in [0.1, 0.15) is 367 Å². The molecule has 0 aliphatic carbocycles. The highest BCUT2D eigenvalue weighted by Crippen LogP contribution is 2.18. The van der Waals surface area contributed by atoms with Crippen molar-refractivity contribution in [2.75, 3.05) is 13.2 Å². The van der Waals surface area contributed by atoms with Gasteiger partial charge in [0.2, 0.25) is 5.91 Å². The first-order chi connectivity index (χ1) is 35.0. The molecule has 0 aromatic heterocycles. The van der Waals surface area contributed by atoms with Gasteiger partial charge in [0, 0.05) is 12.8 Å². The van der Waals surface area contributed by atoms with Gasteiger partial charge in [0.1, 0.15) is 0 Å². The molecule has 422 valence electrons. The van der Waals surface area contributed by atoms with Gasteiger partial charge in [0.25, 0.3) is 0 Å². The minimum atomic E-state index is -0.682. The van der Waals surface area contributed by atoms with Gasteiger partial charge in [-0.3, -0.25) is 9.59 Å². The van der Waals surface area contributed by atoms with Crippen LogP contribution in [0.3, 0.4) is 0 Å². The van der Waals surface area contributed by atoms with Crippen molar-refractivity contribution in [1.82, 2.24) is 5.32 Å². The van der Waals surface area contributed by atoms with Crippen molar-refractivity contribution >= 4 is 11.9 Å². The molecule has 0 saturated heterocycles. The van der Waals surface area contributed by atoms with Crippen molar-refractivity contribution in [2.24, 2.45) is 0 Å². The van der Waals surface area contributed by atoms with Gasteiger partial charge in [0.15, 0.2) is 0 Å². The number of esters is 1. The Bertz CT molecular complexity index is 1060. The lowest BCUT2D eigenvalue weighted by molar-refractivity contribution is -0.143. The number of carbonyl (C=O) groups excluding carboxylic acids is 2. The van der Waals surface area contributed by atoms with E-state index in [9.17, 15) is 19.8 Å². The third-order valence-corrected chi connectivity index (χ3v) is 15.3. The largest absolute Gasteiger partial charge is 0.466 e. The third kappa shape index (κ3) is 57.7. The smallest absolute Gasteiger partial charge is 0.305 e. The van der Waals surface area contributed by atoms with Crippen LogP contribution in [0.25, 0.3) is 0 Å². The average Bonchev–Trinajstić information content (AvgIpc) is 3.37. The summed E-state index contributed by atoms with van der Waals surface area (Å²) < 4.78 is 5.49. The normalized spacial score (nSPS) is 12.6. The van der Waals surface area contributed by atoms with Gasteiger partial charge in [-0.2, -0.15) is 0 Å². The Labute approximate surface area is 444 Å². The summed E-state index contributed by atoms with van der Waals surface area (Å²) in [6.45, 7) is 4.95. The molecular formula is C65H127NO5. The number of amides is 1. The fourth-order valence-corrected chi connectivity index (χ4v) is 10.3. The molecule has 3 N–H and O–H groups in total. The Balaban J connectivity index is 3.45. The van der Waals surface area contributed by atoms with Crippen LogP contribution in [0.5, 0.6) is 0 Å². The van der Waals surface area contributed by atoms with Crippen LogP contribution in [0.2, 0.25) is 0 Å². The second-order valence-electron chi connectivity index (χ2n) is 22.5. The fourth-order valence-electron chi connectivity index (χ4n) is 10.3. The lowest BCUT2D eigenvalue weighted by Crippen LogP contribution is -2.45. The summed E-state index contributed by atoms with van der Waals surface area (Å²) in [7, 11) is 0. The maximum absolute atomic E-state index is 12.5. The number of hydrogen-bond acceptors (Lipinski definition) is 5. The zero-order chi connectivity index (χ0) is 51.4. The first-order valence-corrected chi connectivity index (χ1v) is 32.4. The van der Waals surface area contributed by atoms with E-state index >= 15 is 0 Å². The minimum Gasteiger partial charge on any atom is -0.466 e. The SMILES string of the molecule is CCCCCCCCCCCCCCCCCCCCCCCCCC(O)C(CO)NC(=O)CCCCC/C=C\CCCCCCCCOC(=O)CCCCCCCCCCCCCCCCCCCC. The molecule has 0 bridgehead atoms. The Morgan fingerprint density at radius 2 is 0.662 bits per heavy atom. The molecule has 0 radical (unpaired) electrons. The predicted octanol–water partition coefficient (Wildman–Crippen LogP) is 20.4. The number of aliphatic hydroxyl groups excluding tert-OH is 2. The summed E-state index contributed by atoms with van der Waals surface area (Å²) in [4.78, 5) is 24.6. The number of ether oxygens (including phenoxy) is 1. The maximum Gasteiger partial charge on any atom is 0.305 e. The highest BCUT2D eigenvalue weighted by atomic mass is 16.5. The van der Waals surface area contributed by atoms with E-state index in [-0.39, 0.29) is 18.5 Å². The quantitative estimate of drug-likeness (QED) is 0.0320. The van der Waals surface area contributed by atoms with E-state index in [2.05, 4.69) is 31.3 Å². The predicted molar refractivity (Wildman–Crippen MR) is 310 cm³/mol. The number of aliphatic hydroxyl groups is 2. The third-order valence-electron chi connectivity index (χ3n) is 15.3. The molecule has 71 heavy (non-hydrogen) atoms. The molecule has 2 atom stereocenters. The second kappa shape index (κ2) is 61.1. The molecule has 0 aliphatic rings. The van der Waals surface area contributed by atoms with Crippen LogP contribution >= 0.6 is 0 Å². The Morgan fingerprint density at radius 3 is 1.01 bits per heavy atom. The van der Waals surface area contributed by atoms with Crippen molar-refractivity contribution < 1.29 is 24.5 Å². The Hall–Kier alpha value is -1.40. The topological polar surface area (TPSA) is 95.9 Å². The summed E-state index contributed by atoms with van der Waals surface area (Å²) >= 11 is 0. The highest BCUT2D eigenvalue weighted by molar-refractivity contribution is 5.76. The second-order valence-corrected chi connectivity index (χ2v) is 22.5. The lowest BCUT2D eigenvalue weighted by Gasteiger charge is -2.22. The van der Waals surface area contributed by atoms with Crippen LogP contribution in [0, 0.1) is 0 Å². The molecule has 0 fully saturated rings.